The standard InChI is InChI=1S/C14H20N2O2S2/c1-14(2,16-20(3,17)18)10-15-9-12-8-11-6-4-5-7-13(11)19-12/h4-8,15-16H,9-10H2,1-3H3. The summed E-state index contributed by atoms with van der Waals surface area (Å²) < 4.78 is 26.4. The number of hydrogen-bond acceptors (Lipinski definition) is 4. The second-order valence-corrected chi connectivity index (χ2v) is 8.53. The van der Waals surface area contributed by atoms with Crippen molar-refractivity contribution in [3.8, 4) is 0 Å². The van der Waals surface area contributed by atoms with E-state index in [0.717, 1.165) is 6.54 Å². The van der Waals surface area contributed by atoms with Crippen LogP contribution in [0.3, 0.4) is 0 Å². The van der Waals surface area contributed by atoms with Gasteiger partial charge in [0.05, 0.1) is 6.26 Å². The van der Waals surface area contributed by atoms with Crippen LogP contribution in [0.1, 0.15) is 18.7 Å². The van der Waals surface area contributed by atoms with Crippen LogP contribution in [0.25, 0.3) is 10.1 Å². The predicted molar refractivity (Wildman–Crippen MR) is 85.6 cm³/mol. The van der Waals surface area contributed by atoms with E-state index in [1.54, 1.807) is 11.3 Å². The average Bonchev–Trinajstić information content (AvgIpc) is 2.67. The molecule has 2 aromatic rings. The van der Waals surface area contributed by atoms with Crippen LogP contribution < -0.4 is 10.0 Å². The van der Waals surface area contributed by atoms with Crippen molar-refractivity contribution >= 4 is 31.4 Å². The first kappa shape index (κ1) is 15.4. The zero-order chi connectivity index (χ0) is 14.8. The minimum Gasteiger partial charge on any atom is -0.310 e. The molecule has 0 aliphatic rings. The molecule has 2 rings (SSSR count). The molecule has 110 valence electrons. The number of nitrogens with one attached hydrogen (secondary N) is 2. The van der Waals surface area contributed by atoms with Gasteiger partial charge in [0.2, 0.25) is 10.0 Å². The number of rotatable bonds is 6. The highest BCUT2D eigenvalue weighted by atomic mass is 32.2. The van der Waals surface area contributed by atoms with E-state index >= 15 is 0 Å². The smallest absolute Gasteiger partial charge is 0.209 e. The SMILES string of the molecule is CC(C)(CNCc1cc2ccccc2s1)NS(C)(=O)=O. The summed E-state index contributed by atoms with van der Waals surface area (Å²) in [4.78, 5) is 1.25. The van der Waals surface area contributed by atoms with Gasteiger partial charge in [-0.1, -0.05) is 18.2 Å². The van der Waals surface area contributed by atoms with E-state index in [1.807, 2.05) is 26.0 Å². The molecule has 0 saturated heterocycles. The Morgan fingerprint density at radius 2 is 1.95 bits per heavy atom. The van der Waals surface area contributed by atoms with Crippen LogP contribution in [0.5, 0.6) is 0 Å². The molecule has 0 unspecified atom stereocenters. The molecule has 4 nitrogen and oxygen atoms in total. The second-order valence-electron chi connectivity index (χ2n) is 5.61. The maximum absolute atomic E-state index is 11.3. The Labute approximate surface area is 124 Å². The molecule has 1 aromatic carbocycles. The Bertz CT molecular complexity index is 657. The fraction of sp³-hybridized carbons (Fsp3) is 0.429. The van der Waals surface area contributed by atoms with Gasteiger partial charge >= 0.3 is 0 Å². The summed E-state index contributed by atoms with van der Waals surface area (Å²) in [6, 6.07) is 10.5. The van der Waals surface area contributed by atoms with E-state index in [-0.39, 0.29) is 0 Å². The van der Waals surface area contributed by atoms with Crippen LogP contribution in [0.2, 0.25) is 0 Å². The molecule has 0 atom stereocenters. The Kier molecular flexibility index (Phi) is 4.49. The summed E-state index contributed by atoms with van der Waals surface area (Å²) in [6.45, 7) is 5.06. The summed E-state index contributed by atoms with van der Waals surface area (Å²) >= 11 is 1.76. The lowest BCUT2D eigenvalue weighted by atomic mass is 10.1. The molecule has 0 bridgehead atoms. The van der Waals surface area contributed by atoms with E-state index < -0.39 is 15.6 Å². The van der Waals surface area contributed by atoms with Crippen LogP contribution in [0.15, 0.2) is 30.3 Å². The Hall–Kier alpha value is -0.950. The number of hydrogen-bond donors (Lipinski definition) is 2. The quantitative estimate of drug-likeness (QED) is 0.860. The lowest BCUT2D eigenvalue weighted by Gasteiger charge is -2.25. The van der Waals surface area contributed by atoms with Crippen molar-refractivity contribution in [3.63, 3.8) is 0 Å². The Balaban J connectivity index is 1.92. The van der Waals surface area contributed by atoms with Gasteiger partial charge < -0.3 is 5.32 Å². The van der Waals surface area contributed by atoms with E-state index in [1.165, 1.54) is 21.2 Å². The summed E-state index contributed by atoms with van der Waals surface area (Å²) in [6.07, 6.45) is 1.18. The van der Waals surface area contributed by atoms with Gasteiger partial charge in [-0.15, -0.1) is 11.3 Å². The molecule has 0 saturated carbocycles. The Morgan fingerprint density at radius 1 is 1.25 bits per heavy atom. The minimum atomic E-state index is -3.18. The molecule has 0 spiro atoms. The largest absolute Gasteiger partial charge is 0.310 e. The van der Waals surface area contributed by atoms with Crippen LogP contribution in [0, 0.1) is 0 Å². The van der Waals surface area contributed by atoms with E-state index in [2.05, 4.69) is 28.2 Å². The van der Waals surface area contributed by atoms with Gasteiger partial charge in [-0.05, 0) is 31.4 Å². The third-order valence-corrected chi connectivity index (χ3v) is 4.84. The van der Waals surface area contributed by atoms with Crippen molar-refractivity contribution in [3.05, 3.63) is 35.2 Å². The molecule has 20 heavy (non-hydrogen) atoms. The fourth-order valence-corrected chi connectivity index (χ4v) is 4.27. The van der Waals surface area contributed by atoms with Gasteiger partial charge in [0.25, 0.3) is 0 Å². The van der Waals surface area contributed by atoms with Gasteiger partial charge in [-0.2, -0.15) is 0 Å². The number of sulfonamides is 1. The normalized spacial score (nSPS) is 12.9. The molecule has 2 N–H and O–H groups in total. The van der Waals surface area contributed by atoms with Crippen molar-refractivity contribution in [2.24, 2.45) is 0 Å². The predicted octanol–water partition coefficient (Wildman–Crippen LogP) is 2.32. The van der Waals surface area contributed by atoms with Crippen molar-refractivity contribution < 1.29 is 8.42 Å². The van der Waals surface area contributed by atoms with Gasteiger partial charge in [0.1, 0.15) is 0 Å². The zero-order valence-electron chi connectivity index (χ0n) is 11.9. The number of benzene rings is 1. The molecule has 1 heterocycles. The highest BCUT2D eigenvalue weighted by molar-refractivity contribution is 7.88. The molecule has 0 aliphatic heterocycles. The van der Waals surface area contributed by atoms with Crippen molar-refractivity contribution in [2.45, 2.75) is 25.9 Å². The van der Waals surface area contributed by atoms with E-state index in [0.29, 0.717) is 6.54 Å². The molecular formula is C14H20N2O2S2. The second kappa shape index (κ2) is 5.81. The summed E-state index contributed by atoms with van der Waals surface area (Å²) in [7, 11) is -3.18. The van der Waals surface area contributed by atoms with Crippen LogP contribution in [0.4, 0.5) is 0 Å². The first-order chi connectivity index (χ1) is 9.25. The third-order valence-electron chi connectivity index (χ3n) is 2.80. The molecule has 0 amide bonds. The van der Waals surface area contributed by atoms with Gasteiger partial charge in [-0.25, -0.2) is 13.1 Å². The van der Waals surface area contributed by atoms with Crippen molar-refractivity contribution in [2.75, 3.05) is 12.8 Å². The fourth-order valence-electron chi connectivity index (χ4n) is 2.16. The first-order valence-electron chi connectivity index (χ1n) is 6.42. The molecule has 0 aliphatic carbocycles. The lowest BCUT2D eigenvalue weighted by molar-refractivity contribution is 0.422. The van der Waals surface area contributed by atoms with E-state index in [9.17, 15) is 8.42 Å². The summed E-state index contributed by atoms with van der Waals surface area (Å²) in [5.74, 6) is 0. The topological polar surface area (TPSA) is 58.2 Å². The number of thiophene rings is 1. The number of fused-ring (bicyclic) bond motifs is 1. The average molecular weight is 312 g/mol. The molecule has 6 heteroatoms. The van der Waals surface area contributed by atoms with Gasteiger partial charge in [0, 0.05) is 28.2 Å². The maximum atomic E-state index is 11.3. The summed E-state index contributed by atoms with van der Waals surface area (Å²) in [5, 5.41) is 4.56. The van der Waals surface area contributed by atoms with Gasteiger partial charge in [-0.3, -0.25) is 0 Å². The molecule has 0 radical (unpaired) electrons. The maximum Gasteiger partial charge on any atom is 0.209 e. The minimum absolute atomic E-state index is 0.496. The Morgan fingerprint density at radius 3 is 2.60 bits per heavy atom. The van der Waals surface area contributed by atoms with Crippen LogP contribution >= 0.6 is 11.3 Å². The third kappa shape index (κ3) is 4.56. The lowest BCUT2D eigenvalue weighted by Crippen LogP contribution is -2.49. The zero-order valence-corrected chi connectivity index (χ0v) is 13.6. The highest BCUT2D eigenvalue weighted by Crippen LogP contribution is 2.25. The van der Waals surface area contributed by atoms with Crippen LogP contribution in [-0.4, -0.2) is 26.8 Å². The molecular weight excluding hydrogens is 292 g/mol. The monoisotopic (exact) mass is 312 g/mol. The van der Waals surface area contributed by atoms with Gasteiger partial charge in [0.15, 0.2) is 0 Å². The summed E-state index contributed by atoms with van der Waals surface area (Å²) in [5.41, 5.74) is -0.496. The molecule has 0 fully saturated rings. The van der Waals surface area contributed by atoms with Crippen LogP contribution in [-0.2, 0) is 16.6 Å². The molecule has 1 aromatic heterocycles. The van der Waals surface area contributed by atoms with E-state index in [4.69, 9.17) is 0 Å². The highest BCUT2D eigenvalue weighted by Gasteiger charge is 2.21. The van der Waals surface area contributed by atoms with Crippen molar-refractivity contribution in [1.29, 1.82) is 0 Å². The van der Waals surface area contributed by atoms with Crippen molar-refractivity contribution in [1.82, 2.24) is 10.0 Å². The first-order valence-corrected chi connectivity index (χ1v) is 9.13.